The van der Waals surface area contributed by atoms with Crippen molar-refractivity contribution in [3.05, 3.63) is 57.1 Å². The molecular formula is C27H33N7OS. The van der Waals surface area contributed by atoms with Gasteiger partial charge in [0.1, 0.15) is 0 Å². The second kappa shape index (κ2) is 9.68. The Morgan fingerprint density at radius 3 is 2.75 bits per heavy atom. The predicted octanol–water partition coefficient (Wildman–Crippen LogP) is 4.46. The summed E-state index contributed by atoms with van der Waals surface area (Å²) in [4.78, 5) is 27.2. The molecule has 1 aromatic carbocycles. The van der Waals surface area contributed by atoms with E-state index in [1.165, 1.54) is 10.3 Å². The molecule has 8 nitrogen and oxygen atoms in total. The molecule has 4 aromatic rings. The lowest BCUT2D eigenvalue weighted by Gasteiger charge is -2.49. The molecule has 9 heteroatoms. The largest absolute Gasteiger partial charge is 0.363 e. The first kappa shape index (κ1) is 24.5. The lowest BCUT2D eigenvalue weighted by molar-refractivity contribution is 0.102. The number of benzene rings is 1. The highest BCUT2D eigenvalue weighted by atomic mass is 32.1. The Hall–Kier alpha value is -3.22. The molecule has 4 heterocycles. The minimum atomic E-state index is -0.0806. The van der Waals surface area contributed by atoms with E-state index in [0.29, 0.717) is 11.7 Å². The Bertz CT molecular complexity index is 1510. The quantitative estimate of drug-likeness (QED) is 0.386. The summed E-state index contributed by atoms with van der Waals surface area (Å²) in [5, 5.41) is 10.3. The highest BCUT2D eigenvalue weighted by Crippen LogP contribution is 2.35. The van der Waals surface area contributed by atoms with Gasteiger partial charge in [-0.05, 0) is 44.4 Å². The first-order chi connectivity index (χ1) is 17.3. The normalized spacial score (nSPS) is 19.7. The molecule has 0 radical (unpaired) electrons. The highest BCUT2D eigenvalue weighted by Gasteiger charge is 2.36. The molecule has 1 saturated heterocycles. The minimum Gasteiger partial charge on any atom is -0.363 e. The second-order valence-corrected chi connectivity index (χ2v) is 11.0. The smallest absolute Gasteiger partial charge is 0.267 e. The lowest BCUT2D eigenvalue weighted by atomic mass is 9.96. The number of aryl methyl sites for hydroxylation is 2. The van der Waals surface area contributed by atoms with Crippen molar-refractivity contribution < 1.29 is 0 Å². The van der Waals surface area contributed by atoms with Crippen molar-refractivity contribution in [1.29, 1.82) is 5.26 Å². The third-order valence-corrected chi connectivity index (χ3v) is 8.42. The van der Waals surface area contributed by atoms with Gasteiger partial charge in [0.05, 0.1) is 45.3 Å². The molecule has 188 valence electrons. The van der Waals surface area contributed by atoms with E-state index in [1.807, 2.05) is 0 Å². The summed E-state index contributed by atoms with van der Waals surface area (Å²) in [6.07, 6.45) is 4.00. The average molecular weight is 504 g/mol. The summed E-state index contributed by atoms with van der Waals surface area (Å²) >= 11 is 1.75. The van der Waals surface area contributed by atoms with Gasteiger partial charge in [0.2, 0.25) is 0 Å². The van der Waals surface area contributed by atoms with Crippen LogP contribution in [0.2, 0.25) is 0 Å². The second-order valence-electron chi connectivity index (χ2n) is 9.77. The van der Waals surface area contributed by atoms with Crippen molar-refractivity contribution in [2.75, 3.05) is 18.0 Å². The van der Waals surface area contributed by atoms with Gasteiger partial charge in [0.25, 0.3) is 5.56 Å². The third kappa shape index (κ3) is 4.18. The van der Waals surface area contributed by atoms with Gasteiger partial charge in [-0.15, -0.1) is 11.3 Å². The molecule has 1 aliphatic rings. The fourth-order valence-electron chi connectivity index (χ4n) is 5.65. The van der Waals surface area contributed by atoms with E-state index in [2.05, 4.69) is 66.7 Å². The molecule has 1 fully saturated rings. The first-order valence-electron chi connectivity index (χ1n) is 12.7. The number of nitriles is 1. The van der Waals surface area contributed by atoms with E-state index < -0.39 is 0 Å². The van der Waals surface area contributed by atoms with Gasteiger partial charge >= 0.3 is 0 Å². The number of hydrogen-bond donors (Lipinski definition) is 0. The van der Waals surface area contributed by atoms with E-state index in [-0.39, 0.29) is 24.1 Å². The monoisotopic (exact) mass is 503 g/mol. The molecule has 0 N–H and O–H groups in total. The van der Waals surface area contributed by atoms with Gasteiger partial charge in [-0.1, -0.05) is 19.9 Å². The molecule has 0 amide bonds. The van der Waals surface area contributed by atoms with Crippen LogP contribution >= 0.6 is 11.3 Å². The number of aromatic nitrogens is 4. The number of piperazine rings is 1. The van der Waals surface area contributed by atoms with E-state index in [0.717, 1.165) is 47.8 Å². The Labute approximate surface area is 215 Å². The van der Waals surface area contributed by atoms with Crippen LogP contribution in [-0.2, 0) is 13.5 Å². The topological polar surface area (TPSA) is 82.5 Å². The van der Waals surface area contributed by atoms with Crippen LogP contribution in [0.15, 0.2) is 35.3 Å². The number of imidazole rings is 1. The molecule has 1 unspecified atom stereocenters. The maximum absolute atomic E-state index is 12.9. The maximum Gasteiger partial charge on any atom is 0.267 e. The Morgan fingerprint density at radius 2 is 2.03 bits per heavy atom. The zero-order valence-corrected chi connectivity index (χ0v) is 22.4. The summed E-state index contributed by atoms with van der Waals surface area (Å²) in [5.41, 5.74) is 4.61. The van der Waals surface area contributed by atoms with Crippen LogP contribution < -0.4 is 10.5 Å². The van der Waals surface area contributed by atoms with Crippen molar-refractivity contribution in [2.45, 2.75) is 65.1 Å². The van der Waals surface area contributed by atoms with Crippen molar-refractivity contribution >= 4 is 32.9 Å². The van der Waals surface area contributed by atoms with E-state index in [1.54, 1.807) is 39.8 Å². The maximum atomic E-state index is 12.9. The Kier molecular flexibility index (Phi) is 6.58. The van der Waals surface area contributed by atoms with Crippen LogP contribution in [0.4, 0.5) is 5.69 Å². The Balaban J connectivity index is 1.50. The fourth-order valence-corrected chi connectivity index (χ4v) is 6.52. The third-order valence-electron chi connectivity index (χ3n) is 7.49. The summed E-state index contributed by atoms with van der Waals surface area (Å²) in [5.74, 6) is 0. The fraction of sp³-hybridized carbons (Fsp3) is 0.481. The molecule has 0 bridgehead atoms. The number of rotatable bonds is 6. The van der Waals surface area contributed by atoms with Gasteiger partial charge in [-0.3, -0.25) is 9.69 Å². The van der Waals surface area contributed by atoms with Crippen molar-refractivity contribution in [3.8, 4) is 6.07 Å². The first-order valence-corrected chi connectivity index (χ1v) is 13.5. The number of thiazole rings is 1. The molecule has 1 aliphatic heterocycles. The molecule has 0 saturated carbocycles. The van der Waals surface area contributed by atoms with Crippen LogP contribution in [0, 0.1) is 18.3 Å². The van der Waals surface area contributed by atoms with E-state index in [4.69, 9.17) is 4.98 Å². The Morgan fingerprint density at radius 1 is 1.22 bits per heavy atom. The van der Waals surface area contributed by atoms with Crippen molar-refractivity contribution in [2.24, 2.45) is 7.05 Å². The van der Waals surface area contributed by atoms with Gasteiger partial charge in [-0.2, -0.15) is 5.26 Å². The van der Waals surface area contributed by atoms with Crippen LogP contribution in [0.25, 0.3) is 15.9 Å². The van der Waals surface area contributed by atoms with E-state index >= 15 is 0 Å². The molecule has 0 spiro atoms. The van der Waals surface area contributed by atoms with Crippen LogP contribution in [0.3, 0.4) is 0 Å². The van der Waals surface area contributed by atoms with Gasteiger partial charge < -0.3 is 4.90 Å². The molecule has 36 heavy (non-hydrogen) atoms. The number of anilines is 1. The predicted molar refractivity (Wildman–Crippen MR) is 145 cm³/mol. The molecule has 0 aliphatic carbocycles. The number of hydrogen-bond acceptors (Lipinski definition) is 7. The summed E-state index contributed by atoms with van der Waals surface area (Å²) in [7, 11) is 1.74. The van der Waals surface area contributed by atoms with Crippen LogP contribution in [0.1, 0.15) is 55.9 Å². The van der Waals surface area contributed by atoms with Gasteiger partial charge in [0, 0.05) is 44.3 Å². The van der Waals surface area contributed by atoms with Crippen LogP contribution in [-0.4, -0.2) is 49.2 Å². The highest BCUT2D eigenvalue weighted by molar-refractivity contribution is 7.18. The zero-order chi connectivity index (χ0) is 25.6. The molecule has 3 aromatic heterocycles. The minimum absolute atomic E-state index is 0.0806. The molecule has 3 atom stereocenters. The van der Waals surface area contributed by atoms with Crippen molar-refractivity contribution in [1.82, 2.24) is 24.1 Å². The average Bonchev–Trinajstić information content (AvgIpc) is 3.45. The SMILES string of the molecule is CCC(c1ccc2nc(C)sc2c1)N1C[C@H](CC)N(c2cc(=O)n(C)n3cc(CC#N)nc23)C[C@H]1C. The van der Waals surface area contributed by atoms with Gasteiger partial charge in [0.15, 0.2) is 5.65 Å². The van der Waals surface area contributed by atoms with E-state index in [9.17, 15) is 10.1 Å². The summed E-state index contributed by atoms with van der Waals surface area (Å²) in [6.45, 7) is 10.5. The summed E-state index contributed by atoms with van der Waals surface area (Å²) < 4.78 is 4.59. The number of fused-ring (bicyclic) bond motifs is 2. The van der Waals surface area contributed by atoms with Crippen molar-refractivity contribution in [3.63, 3.8) is 0 Å². The van der Waals surface area contributed by atoms with Gasteiger partial charge in [-0.25, -0.2) is 19.2 Å². The number of nitrogens with zero attached hydrogens (tertiary/aromatic N) is 7. The standard InChI is InChI=1S/C27H33N7OS/c1-6-21-16-32(23(7-2)19-8-9-22-25(12-19)36-18(4)29-22)17(3)14-33(21)24-13-26(35)31(5)34-15-20(10-11-28)30-27(24)34/h8-9,12-13,15,17,21,23H,6-7,10,14,16H2,1-5H3/t17-,21+,23?/m1/s1. The lowest BCUT2D eigenvalue weighted by Crippen LogP contribution is -2.58. The molecular weight excluding hydrogens is 470 g/mol. The molecule has 5 rings (SSSR count). The zero-order valence-electron chi connectivity index (χ0n) is 21.6. The summed E-state index contributed by atoms with van der Waals surface area (Å²) in [6, 6.07) is 11.4. The van der Waals surface area contributed by atoms with Crippen LogP contribution in [0.5, 0.6) is 0 Å².